The number of carbonyl (C=O) groups is 1. The molecule has 0 aliphatic rings. The lowest BCUT2D eigenvalue weighted by Crippen LogP contribution is -2.21. The molecule has 142 valence electrons. The van der Waals surface area contributed by atoms with Gasteiger partial charge in [-0.1, -0.05) is 30.0 Å². The smallest absolute Gasteiger partial charge is 0.307 e. The van der Waals surface area contributed by atoms with Crippen LogP contribution >= 0.6 is 11.8 Å². The quantitative estimate of drug-likeness (QED) is 0.426. The molecule has 3 rings (SSSR count). The molecule has 0 saturated heterocycles. The van der Waals surface area contributed by atoms with Crippen LogP contribution in [-0.4, -0.2) is 11.0 Å². The lowest BCUT2D eigenvalue weighted by Gasteiger charge is -2.12. The number of non-ortho nitro benzene ring substituents is 1. The van der Waals surface area contributed by atoms with E-state index in [0.29, 0.717) is 10.6 Å². The molecule has 0 heterocycles. The maximum Gasteiger partial charge on any atom is 0.323 e. The third-order valence-electron chi connectivity index (χ3n) is 3.61. The minimum atomic E-state index is -0.885. The van der Waals surface area contributed by atoms with Crippen LogP contribution in [0.4, 0.5) is 30.6 Å². The number of para-hydroxylation sites is 2. The van der Waals surface area contributed by atoms with Gasteiger partial charge < -0.3 is 10.6 Å². The molecule has 0 unspecified atom stereocenters. The van der Waals surface area contributed by atoms with E-state index in [9.17, 15) is 23.7 Å². The predicted octanol–water partition coefficient (Wildman–Crippen LogP) is 5.67. The molecule has 28 heavy (non-hydrogen) atoms. The van der Waals surface area contributed by atoms with E-state index in [4.69, 9.17) is 0 Å². The Bertz CT molecular complexity index is 1010. The second kappa shape index (κ2) is 8.49. The highest BCUT2D eigenvalue weighted by atomic mass is 32.2. The first-order valence-corrected chi connectivity index (χ1v) is 8.79. The van der Waals surface area contributed by atoms with E-state index in [1.54, 1.807) is 36.4 Å². The largest absolute Gasteiger partial charge is 0.323 e. The summed E-state index contributed by atoms with van der Waals surface area (Å²) in [5, 5.41) is 15.4. The van der Waals surface area contributed by atoms with Gasteiger partial charge in [-0.05, 0) is 36.4 Å². The number of halogens is 2. The van der Waals surface area contributed by atoms with Crippen molar-refractivity contribution in [1.82, 2.24) is 0 Å². The van der Waals surface area contributed by atoms with Crippen LogP contribution < -0.4 is 10.6 Å². The van der Waals surface area contributed by atoms with E-state index in [1.165, 1.54) is 30.0 Å². The van der Waals surface area contributed by atoms with Gasteiger partial charge in [0.15, 0.2) is 0 Å². The summed E-state index contributed by atoms with van der Waals surface area (Å²) in [5.41, 5.74) is -0.150. The lowest BCUT2D eigenvalue weighted by atomic mass is 10.3. The molecule has 3 aromatic carbocycles. The molecule has 3 aromatic rings. The molecule has 2 N–H and O–H groups in total. The molecular weight excluding hydrogens is 388 g/mol. The molecule has 0 aliphatic carbocycles. The predicted molar refractivity (Wildman–Crippen MR) is 103 cm³/mol. The lowest BCUT2D eigenvalue weighted by molar-refractivity contribution is -0.384. The van der Waals surface area contributed by atoms with Crippen LogP contribution in [0, 0.1) is 21.7 Å². The summed E-state index contributed by atoms with van der Waals surface area (Å²) in [4.78, 5) is 23.8. The van der Waals surface area contributed by atoms with Crippen LogP contribution in [0.15, 0.2) is 76.5 Å². The first-order chi connectivity index (χ1) is 13.4. The van der Waals surface area contributed by atoms with Crippen molar-refractivity contribution in [3.05, 3.63) is 88.5 Å². The summed E-state index contributed by atoms with van der Waals surface area (Å²) >= 11 is 1.28. The van der Waals surface area contributed by atoms with Gasteiger partial charge in [0.05, 0.1) is 10.6 Å². The van der Waals surface area contributed by atoms with Gasteiger partial charge in [0.25, 0.3) is 5.69 Å². The Labute approximate surface area is 162 Å². The van der Waals surface area contributed by atoms with Crippen molar-refractivity contribution >= 4 is 34.9 Å². The standard InChI is InChI=1S/C19H13F2N3O3S/c20-14-4-3-5-15(21)18(14)23-19(25)22-16-6-1-2-7-17(16)28-13-10-8-12(9-11-13)24(26)27/h1-11H,(H2,22,23,25). The van der Waals surface area contributed by atoms with Crippen LogP contribution in [-0.2, 0) is 0 Å². The van der Waals surface area contributed by atoms with E-state index in [1.807, 2.05) is 0 Å². The van der Waals surface area contributed by atoms with E-state index < -0.39 is 28.3 Å². The van der Waals surface area contributed by atoms with Gasteiger partial charge in [0, 0.05) is 21.9 Å². The maximum atomic E-state index is 13.7. The van der Waals surface area contributed by atoms with Crippen LogP contribution in [0.2, 0.25) is 0 Å². The fourth-order valence-corrected chi connectivity index (χ4v) is 3.21. The van der Waals surface area contributed by atoms with Crippen molar-refractivity contribution in [3.8, 4) is 0 Å². The number of urea groups is 1. The van der Waals surface area contributed by atoms with Gasteiger partial charge in [-0.3, -0.25) is 10.1 Å². The molecular formula is C19H13F2N3O3S. The number of hydrogen-bond donors (Lipinski definition) is 2. The SMILES string of the molecule is O=C(Nc1ccccc1Sc1ccc([N+](=O)[O-])cc1)Nc1c(F)cccc1F. The Morgan fingerprint density at radius 2 is 1.54 bits per heavy atom. The van der Waals surface area contributed by atoms with E-state index in [2.05, 4.69) is 10.6 Å². The average molecular weight is 401 g/mol. The van der Waals surface area contributed by atoms with Crippen molar-refractivity contribution in [2.24, 2.45) is 0 Å². The van der Waals surface area contributed by atoms with Crippen molar-refractivity contribution in [2.75, 3.05) is 10.6 Å². The van der Waals surface area contributed by atoms with Gasteiger partial charge in [-0.2, -0.15) is 0 Å². The Morgan fingerprint density at radius 1 is 0.893 bits per heavy atom. The minimum absolute atomic E-state index is 0.0259. The van der Waals surface area contributed by atoms with Gasteiger partial charge in [-0.25, -0.2) is 13.6 Å². The van der Waals surface area contributed by atoms with E-state index in [0.717, 1.165) is 17.0 Å². The third-order valence-corrected chi connectivity index (χ3v) is 4.70. The van der Waals surface area contributed by atoms with Gasteiger partial charge in [0.1, 0.15) is 17.3 Å². The van der Waals surface area contributed by atoms with Crippen molar-refractivity contribution in [1.29, 1.82) is 0 Å². The number of carbonyl (C=O) groups excluding carboxylic acids is 1. The normalized spacial score (nSPS) is 10.4. The summed E-state index contributed by atoms with van der Waals surface area (Å²) in [5.74, 6) is -1.77. The maximum absolute atomic E-state index is 13.7. The van der Waals surface area contributed by atoms with Crippen molar-refractivity contribution in [2.45, 2.75) is 9.79 Å². The van der Waals surface area contributed by atoms with Gasteiger partial charge >= 0.3 is 6.03 Å². The highest BCUT2D eigenvalue weighted by Crippen LogP contribution is 2.34. The zero-order valence-electron chi connectivity index (χ0n) is 14.2. The van der Waals surface area contributed by atoms with Gasteiger partial charge in [-0.15, -0.1) is 0 Å². The van der Waals surface area contributed by atoms with E-state index >= 15 is 0 Å². The monoisotopic (exact) mass is 401 g/mol. The second-order valence-electron chi connectivity index (χ2n) is 5.53. The summed E-state index contributed by atoms with van der Waals surface area (Å²) < 4.78 is 27.3. The minimum Gasteiger partial charge on any atom is -0.307 e. The summed E-state index contributed by atoms with van der Waals surface area (Å²) in [6.07, 6.45) is 0. The first kappa shape index (κ1) is 19.3. The highest BCUT2D eigenvalue weighted by Gasteiger charge is 2.14. The first-order valence-electron chi connectivity index (χ1n) is 7.97. The summed E-state index contributed by atoms with van der Waals surface area (Å²) in [7, 11) is 0. The molecule has 0 aromatic heterocycles. The molecule has 0 radical (unpaired) electrons. The summed E-state index contributed by atoms with van der Waals surface area (Å²) in [6.45, 7) is 0. The number of nitro groups is 1. The number of nitrogens with zero attached hydrogens (tertiary/aromatic N) is 1. The number of anilines is 2. The Hall–Kier alpha value is -3.46. The Morgan fingerprint density at radius 3 is 2.18 bits per heavy atom. The van der Waals surface area contributed by atoms with Crippen LogP contribution in [0.1, 0.15) is 0 Å². The molecule has 0 fully saturated rings. The number of amides is 2. The molecule has 9 heteroatoms. The van der Waals surface area contributed by atoms with Crippen LogP contribution in [0.25, 0.3) is 0 Å². The molecule has 0 spiro atoms. The van der Waals surface area contributed by atoms with Crippen LogP contribution in [0.3, 0.4) is 0 Å². The number of hydrogen-bond acceptors (Lipinski definition) is 4. The third kappa shape index (κ3) is 4.63. The average Bonchev–Trinajstić information content (AvgIpc) is 2.67. The van der Waals surface area contributed by atoms with E-state index in [-0.39, 0.29) is 5.69 Å². The fraction of sp³-hybridized carbons (Fsp3) is 0. The number of nitro benzene ring substituents is 1. The zero-order chi connectivity index (χ0) is 20.1. The highest BCUT2D eigenvalue weighted by molar-refractivity contribution is 7.99. The molecule has 6 nitrogen and oxygen atoms in total. The zero-order valence-corrected chi connectivity index (χ0v) is 15.0. The second-order valence-corrected chi connectivity index (χ2v) is 6.64. The van der Waals surface area contributed by atoms with Crippen molar-refractivity contribution in [3.63, 3.8) is 0 Å². The molecule has 0 bridgehead atoms. The molecule has 0 atom stereocenters. The molecule has 2 amide bonds. The topological polar surface area (TPSA) is 84.3 Å². The number of benzene rings is 3. The Kier molecular flexibility index (Phi) is 5.85. The molecule has 0 saturated carbocycles. The summed E-state index contributed by atoms with van der Waals surface area (Å²) in [6, 6.07) is 15.2. The number of nitrogens with one attached hydrogen (secondary N) is 2. The van der Waals surface area contributed by atoms with Crippen LogP contribution in [0.5, 0.6) is 0 Å². The van der Waals surface area contributed by atoms with Gasteiger partial charge in [0.2, 0.25) is 0 Å². The Balaban J connectivity index is 1.75. The molecule has 0 aliphatic heterocycles. The van der Waals surface area contributed by atoms with Crippen molar-refractivity contribution < 1.29 is 18.5 Å². The number of rotatable bonds is 5. The fourth-order valence-electron chi connectivity index (χ4n) is 2.31.